The van der Waals surface area contributed by atoms with E-state index >= 15 is 0 Å². The van der Waals surface area contributed by atoms with Crippen LogP contribution in [0.2, 0.25) is 0 Å². The molecular formula is C10H13N5OS. The fraction of sp³-hybridized carbons (Fsp3) is 0.400. The number of nitrogens with one attached hydrogen (secondary N) is 2. The van der Waals surface area contributed by atoms with Gasteiger partial charge < -0.3 is 5.32 Å². The number of H-pyrrole nitrogens is 1. The van der Waals surface area contributed by atoms with Crippen molar-refractivity contribution in [3.05, 3.63) is 27.5 Å². The first-order chi connectivity index (χ1) is 8.16. The number of thiazole rings is 1. The number of aromatic nitrogens is 4. The van der Waals surface area contributed by atoms with Gasteiger partial charge in [-0.3, -0.25) is 4.79 Å². The number of hydrogen-bond donors (Lipinski definition) is 2. The molecule has 0 aliphatic heterocycles. The van der Waals surface area contributed by atoms with Gasteiger partial charge in [0.05, 0.1) is 16.9 Å². The van der Waals surface area contributed by atoms with Crippen LogP contribution in [0.15, 0.2) is 6.20 Å². The highest BCUT2D eigenvalue weighted by molar-refractivity contribution is 7.11. The molecule has 6 nitrogen and oxygen atoms in total. The van der Waals surface area contributed by atoms with Gasteiger partial charge in [-0.15, -0.1) is 11.3 Å². The third kappa shape index (κ3) is 2.88. The Kier molecular flexibility index (Phi) is 3.48. The molecule has 2 aromatic heterocycles. The van der Waals surface area contributed by atoms with Crippen LogP contribution in [-0.4, -0.2) is 32.8 Å². The summed E-state index contributed by atoms with van der Waals surface area (Å²) in [6, 6.07) is 0. The highest BCUT2D eigenvalue weighted by Gasteiger charge is 2.08. The van der Waals surface area contributed by atoms with E-state index in [1.165, 1.54) is 11.1 Å². The molecular weight excluding hydrogens is 238 g/mol. The Labute approximate surface area is 102 Å². The van der Waals surface area contributed by atoms with E-state index in [0.717, 1.165) is 17.1 Å². The van der Waals surface area contributed by atoms with Gasteiger partial charge in [0.25, 0.3) is 5.91 Å². The number of hydrogen-bond acceptors (Lipinski definition) is 5. The van der Waals surface area contributed by atoms with Crippen molar-refractivity contribution in [3.8, 4) is 0 Å². The van der Waals surface area contributed by atoms with Crippen LogP contribution in [0.25, 0.3) is 0 Å². The third-order valence-electron chi connectivity index (χ3n) is 2.34. The average molecular weight is 251 g/mol. The predicted molar refractivity (Wildman–Crippen MR) is 64.0 cm³/mol. The molecule has 0 aliphatic rings. The molecule has 17 heavy (non-hydrogen) atoms. The lowest BCUT2D eigenvalue weighted by Gasteiger charge is -1.99. The van der Waals surface area contributed by atoms with Crippen molar-refractivity contribution >= 4 is 17.2 Å². The first-order valence-corrected chi connectivity index (χ1v) is 6.05. The number of aromatic amines is 1. The predicted octanol–water partition coefficient (Wildman–Crippen LogP) is 0.851. The molecule has 0 aromatic carbocycles. The SMILES string of the molecule is Cc1nc(CCNC(=O)c2cn[nH]n2)sc1C. The number of rotatable bonds is 4. The second-order valence-electron chi connectivity index (χ2n) is 3.61. The van der Waals surface area contributed by atoms with Crippen molar-refractivity contribution in [3.63, 3.8) is 0 Å². The lowest BCUT2D eigenvalue weighted by Crippen LogP contribution is -2.26. The zero-order valence-corrected chi connectivity index (χ0v) is 10.5. The first kappa shape index (κ1) is 11.7. The van der Waals surface area contributed by atoms with Crippen molar-refractivity contribution in [2.24, 2.45) is 0 Å². The number of aryl methyl sites for hydroxylation is 2. The second kappa shape index (κ2) is 5.05. The van der Waals surface area contributed by atoms with Gasteiger partial charge in [-0.25, -0.2) is 4.98 Å². The Balaban J connectivity index is 1.82. The van der Waals surface area contributed by atoms with Crippen molar-refractivity contribution in [2.75, 3.05) is 6.54 Å². The van der Waals surface area contributed by atoms with Crippen molar-refractivity contribution < 1.29 is 4.79 Å². The lowest BCUT2D eigenvalue weighted by atomic mass is 10.4. The smallest absolute Gasteiger partial charge is 0.273 e. The maximum atomic E-state index is 11.5. The monoisotopic (exact) mass is 251 g/mol. The summed E-state index contributed by atoms with van der Waals surface area (Å²) in [6.45, 7) is 4.59. The van der Waals surface area contributed by atoms with E-state index in [-0.39, 0.29) is 5.91 Å². The molecule has 0 bridgehead atoms. The van der Waals surface area contributed by atoms with Gasteiger partial charge in [-0.2, -0.15) is 15.4 Å². The van der Waals surface area contributed by atoms with Gasteiger partial charge >= 0.3 is 0 Å². The molecule has 0 spiro atoms. The van der Waals surface area contributed by atoms with Gasteiger partial charge in [0.15, 0.2) is 5.69 Å². The van der Waals surface area contributed by atoms with Gasteiger partial charge in [0, 0.05) is 17.8 Å². The standard InChI is InChI=1S/C10H13N5OS/c1-6-7(2)17-9(13-6)3-4-11-10(16)8-5-12-15-14-8/h5H,3-4H2,1-2H3,(H,11,16)(H,12,14,15). The van der Waals surface area contributed by atoms with Gasteiger partial charge in [-0.1, -0.05) is 0 Å². The third-order valence-corrected chi connectivity index (χ3v) is 3.48. The van der Waals surface area contributed by atoms with Gasteiger partial charge in [0.1, 0.15) is 0 Å². The summed E-state index contributed by atoms with van der Waals surface area (Å²) in [7, 11) is 0. The molecule has 90 valence electrons. The van der Waals surface area contributed by atoms with E-state index in [9.17, 15) is 4.79 Å². The summed E-state index contributed by atoms with van der Waals surface area (Å²) in [5.41, 5.74) is 1.37. The Bertz CT molecular complexity index is 485. The molecule has 0 saturated heterocycles. The topological polar surface area (TPSA) is 83.6 Å². The zero-order valence-electron chi connectivity index (χ0n) is 9.65. The molecule has 2 heterocycles. The average Bonchev–Trinajstić information content (AvgIpc) is 2.90. The van der Waals surface area contributed by atoms with Crippen molar-refractivity contribution in [1.82, 2.24) is 25.7 Å². The van der Waals surface area contributed by atoms with Crippen LogP contribution >= 0.6 is 11.3 Å². The molecule has 0 saturated carbocycles. The van der Waals surface area contributed by atoms with E-state index in [1.807, 2.05) is 13.8 Å². The minimum Gasteiger partial charge on any atom is -0.350 e. The van der Waals surface area contributed by atoms with E-state index in [4.69, 9.17) is 0 Å². The highest BCUT2D eigenvalue weighted by atomic mass is 32.1. The quantitative estimate of drug-likeness (QED) is 0.843. The summed E-state index contributed by atoms with van der Waals surface area (Å²) >= 11 is 1.67. The van der Waals surface area contributed by atoms with Crippen LogP contribution in [0, 0.1) is 13.8 Å². The van der Waals surface area contributed by atoms with E-state index < -0.39 is 0 Å². The largest absolute Gasteiger partial charge is 0.350 e. The van der Waals surface area contributed by atoms with Crippen LogP contribution in [-0.2, 0) is 6.42 Å². The Morgan fingerprint density at radius 3 is 2.94 bits per heavy atom. The molecule has 2 aromatic rings. The maximum Gasteiger partial charge on any atom is 0.273 e. The molecule has 0 fully saturated rings. The Morgan fingerprint density at radius 1 is 1.53 bits per heavy atom. The maximum absolute atomic E-state index is 11.5. The van der Waals surface area contributed by atoms with E-state index in [2.05, 4.69) is 25.7 Å². The minimum atomic E-state index is -0.219. The van der Waals surface area contributed by atoms with E-state index in [1.54, 1.807) is 11.3 Å². The van der Waals surface area contributed by atoms with Gasteiger partial charge in [0.2, 0.25) is 0 Å². The first-order valence-electron chi connectivity index (χ1n) is 5.23. The molecule has 1 amide bonds. The van der Waals surface area contributed by atoms with Crippen LogP contribution in [0.5, 0.6) is 0 Å². The molecule has 7 heteroatoms. The van der Waals surface area contributed by atoms with Crippen LogP contribution < -0.4 is 5.32 Å². The number of amides is 1. The van der Waals surface area contributed by atoms with Crippen LogP contribution in [0.1, 0.15) is 26.1 Å². The highest BCUT2D eigenvalue weighted by Crippen LogP contribution is 2.16. The van der Waals surface area contributed by atoms with Gasteiger partial charge in [-0.05, 0) is 13.8 Å². The van der Waals surface area contributed by atoms with Crippen LogP contribution in [0.3, 0.4) is 0 Å². The summed E-state index contributed by atoms with van der Waals surface area (Å²) in [5, 5.41) is 13.5. The molecule has 0 unspecified atom stereocenters. The number of nitrogens with zero attached hydrogens (tertiary/aromatic N) is 3. The summed E-state index contributed by atoms with van der Waals surface area (Å²) in [6.07, 6.45) is 2.13. The fourth-order valence-corrected chi connectivity index (χ4v) is 2.26. The van der Waals surface area contributed by atoms with Crippen LogP contribution in [0.4, 0.5) is 0 Å². The van der Waals surface area contributed by atoms with Crippen molar-refractivity contribution in [1.29, 1.82) is 0 Å². The molecule has 0 aliphatic carbocycles. The second-order valence-corrected chi connectivity index (χ2v) is 4.90. The summed E-state index contributed by atoms with van der Waals surface area (Å²) in [4.78, 5) is 17.1. The zero-order chi connectivity index (χ0) is 12.3. The molecule has 2 rings (SSSR count). The number of carbonyl (C=O) groups excluding carboxylic acids is 1. The molecule has 0 radical (unpaired) electrons. The summed E-state index contributed by atoms with van der Waals surface area (Å²) in [5.74, 6) is -0.219. The lowest BCUT2D eigenvalue weighted by molar-refractivity contribution is 0.0949. The Hall–Kier alpha value is -1.76. The fourth-order valence-electron chi connectivity index (χ4n) is 1.33. The molecule has 2 N–H and O–H groups in total. The van der Waals surface area contributed by atoms with Crippen molar-refractivity contribution in [2.45, 2.75) is 20.3 Å². The summed E-state index contributed by atoms with van der Waals surface area (Å²) < 4.78 is 0. The molecule has 0 atom stereocenters. The number of carbonyl (C=O) groups is 1. The van der Waals surface area contributed by atoms with E-state index in [0.29, 0.717) is 12.2 Å². The Morgan fingerprint density at radius 2 is 2.35 bits per heavy atom. The minimum absolute atomic E-state index is 0.219. The normalized spacial score (nSPS) is 10.5.